The van der Waals surface area contributed by atoms with Crippen LogP contribution in [0.25, 0.3) is 5.69 Å². The van der Waals surface area contributed by atoms with E-state index in [0.29, 0.717) is 30.8 Å². The van der Waals surface area contributed by atoms with Crippen molar-refractivity contribution < 1.29 is 14.6 Å². The molecule has 4 heterocycles. The molecule has 9 nitrogen and oxygen atoms in total. The third kappa shape index (κ3) is 3.90. The van der Waals surface area contributed by atoms with Gasteiger partial charge >= 0.3 is 5.97 Å². The average Bonchev–Trinajstić information content (AvgIpc) is 3.55. The highest BCUT2D eigenvalue weighted by atomic mass is 32.2. The first kappa shape index (κ1) is 21.7. The van der Waals surface area contributed by atoms with Crippen LogP contribution in [0.3, 0.4) is 0 Å². The molecule has 0 amide bonds. The molecule has 0 spiro atoms. The summed E-state index contributed by atoms with van der Waals surface area (Å²) >= 11 is 1.82. The fraction of sp³-hybridized carbons (Fsp3) is 0.417. The molecule has 2 bridgehead atoms. The lowest BCUT2D eigenvalue weighted by Gasteiger charge is -2.40. The standard InChI is InChI=1S/C24H26N6O3S/c1-15-20(8-9-21-22(15)13-33-24(21)32)23(31)12-28-10-17-2-3-18(11-28)30(17)34-19-6-4-16(5-7-19)29-14-25-26-27-29/h4-9,14,17-18,23,31H,2-3,10-13H2,1H3/t17-,18?,23?/m0/s1. The van der Waals surface area contributed by atoms with Crippen LogP contribution in [-0.4, -0.2) is 72.2 Å². The Morgan fingerprint density at radius 1 is 1.15 bits per heavy atom. The molecular weight excluding hydrogens is 452 g/mol. The summed E-state index contributed by atoms with van der Waals surface area (Å²) in [5.74, 6) is -0.269. The lowest BCUT2D eigenvalue weighted by Crippen LogP contribution is -2.51. The molecule has 1 aromatic heterocycles. The lowest BCUT2D eigenvalue weighted by molar-refractivity contribution is 0.0535. The number of tetrazole rings is 1. The van der Waals surface area contributed by atoms with Crippen LogP contribution in [0.2, 0.25) is 0 Å². The predicted molar refractivity (Wildman–Crippen MR) is 125 cm³/mol. The number of likely N-dealkylation sites (tertiary alicyclic amines) is 1. The minimum Gasteiger partial charge on any atom is -0.457 e. The maximum Gasteiger partial charge on any atom is 0.338 e. The summed E-state index contributed by atoms with van der Waals surface area (Å²) in [6.07, 6.45) is 3.35. The number of aliphatic hydroxyl groups is 1. The van der Waals surface area contributed by atoms with Gasteiger partial charge in [-0.15, -0.1) is 5.10 Å². The first-order valence-corrected chi connectivity index (χ1v) is 12.3. The molecule has 6 rings (SSSR count). The van der Waals surface area contributed by atoms with E-state index in [9.17, 15) is 9.90 Å². The Balaban J connectivity index is 1.10. The maximum atomic E-state index is 11.8. The van der Waals surface area contributed by atoms with Gasteiger partial charge in [-0.3, -0.25) is 4.90 Å². The number of aromatic nitrogens is 4. The Morgan fingerprint density at radius 3 is 2.62 bits per heavy atom. The highest BCUT2D eigenvalue weighted by Crippen LogP contribution is 2.39. The highest BCUT2D eigenvalue weighted by molar-refractivity contribution is 7.97. The molecule has 2 fully saturated rings. The number of fused-ring (bicyclic) bond motifs is 3. The van der Waals surface area contributed by atoms with Crippen molar-refractivity contribution in [2.75, 3.05) is 19.6 Å². The van der Waals surface area contributed by atoms with Crippen LogP contribution < -0.4 is 0 Å². The van der Waals surface area contributed by atoms with E-state index in [-0.39, 0.29) is 5.97 Å². The van der Waals surface area contributed by atoms with Crippen molar-refractivity contribution in [3.8, 4) is 5.69 Å². The van der Waals surface area contributed by atoms with Crippen LogP contribution in [0.5, 0.6) is 0 Å². The summed E-state index contributed by atoms with van der Waals surface area (Å²) in [5, 5.41) is 22.4. The molecule has 1 N–H and O–H groups in total. The van der Waals surface area contributed by atoms with Crippen molar-refractivity contribution in [3.05, 3.63) is 65.0 Å². The Bertz CT molecular complexity index is 1190. The molecule has 0 saturated carbocycles. The number of carbonyl (C=O) groups excluding carboxylic acids is 1. The van der Waals surface area contributed by atoms with E-state index in [0.717, 1.165) is 35.5 Å². The summed E-state index contributed by atoms with van der Waals surface area (Å²) in [6.45, 7) is 4.75. The monoisotopic (exact) mass is 478 g/mol. The van der Waals surface area contributed by atoms with Crippen LogP contribution in [0.4, 0.5) is 0 Å². The average molecular weight is 479 g/mol. The van der Waals surface area contributed by atoms with Crippen molar-refractivity contribution in [2.24, 2.45) is 0 Å². The first-order chi connectivity index (χ1) is 16.6. The van der Waals surface area contributed by atoms with Gasteiger partial charge in [0, 0.05) is 42.2 Å². The number of aliphatic hydroxyl groups excluding tert-OH is 1. The van der Waals surface area contributed by atoms with Crippen LogP contribution in [0.1, 0.15) is 46.0 Å². The number of β-amino-alcohol motifs (C(OH)–C–C–N with tert-alkyl or cyclic N) is 1. The summed E-state index contributed by atoms with van der Waals surface area (Å²) in [7, 11) is 0. The third-order valence-corrected chi connectivity index (χ3v) is 8.44. The van der Waals surface area contributed by atoms with Gasteiger partial charge < -0.3 is 9.84 Å². The molecule has 3 atom stereocenters. The second kappa shape index (κ2) is 8.77. The smallest absolute Gasteiger partial charge is 0.338 e. The van der Waals surface area contributed by atoms with Crippen molar-refractivity contribution in [2.45, 2.75) is 49.5 Å². The minimum absolute atomic E-state index is 0.269. The zero-order chi connectivity index (χ0) is 23.2. The minimum atomic E-state index is -0.585. The number of ether oxygens (including phenoxy) is 1. The Hall–Kier alpha value is -2.79. The van der Waals surface area contributed by atoms with E-state index in [1.54, 1.807) is 17.1 Å². The maximum absolute atomic E-state index is 11.8. The third-order valence-electron chi connectivity index (χ3n) is 7.15. The first-order valence-electron chi connectivity index (χ1n) is 11.6. The Labute approximate surface area is 201 Å². The number of cyclic esters (lactones) is 1. The van der Waals surface area contributed by atoms with Gasteiger partial charge in [0.05, 0.1) is 17.4 Å². The molecule has 3 aromatic rings. The lowest BCUT2D eigenvalue weighted by atomic mass is 9.95. The topological polar surface area (TPSA) is 96.6 Å². The molecule has 0 aliphatic carbocycles. The summed E-state index contributed by atoms with van der Waals surface area (Å²) < 4.78 is 9.35. The van der Waals surface area contributed by atoms with E-state index in [1.807, 2.05) is 37.1 Å². The zero-order valence-corrected chi connectivity index (χ0v) is 19.7. The van der Waals surface area contributed by atoms with Gasteiger partial charge in [0.2, 0.25) is 0 Å². The number of piperazine rings is 1. The van der Waals surface area contributed by atoms with E-state index in [1.165, 1.54) is 17.7 Å². The van der Waals surface area contributed by atoms with Crippen LogP contribution in [0.15, 0.2) is 47.6 Å². The quantitative estimate of drug-likeness (QED) is 0.423. The van der Waals surface area contributed by atoms with Gasteiger partial charge in [-0.25, -0.2) is 13.8 Å². The zero-order valence-electron chi connectivity index (χ0n) is 18.9. The van der Waals surface area contributed by atoms with E-state index >= 15 is 0 Å². The summed E-state index contributed by atoms with van der Waals surface area (Å²) in [4.78, 5) is 15.4. The van der Waals surface area contributed by atoms with Gasteiger partial charge in [-0.2, -0.15) is 0 Å². The van der Waals surface area contributed by atoms with Crippen LogP contribution >= 0.6 is 11.9 Å². The van der Waals surface area contributed by atoms with E-state index < -0.39 is 6.10 Å². The fourth-order valence-electron chi connectivity index (χ4n) is 5.38. The largest absolute Gasteiger partial charge is 0.457 e. The van der Waals surface area contributed by atoms with Crippen molar-refractivity contribution in [1.29, 1.82) is 0 Å². The second-order valence-corrected chi connectivity index (χ2v) is 10.3. The van der Waals surface area contributed by atoms with Gasteiger partial charge in [-0.05, 0) is 83.6 Å². The normalized spacial score (nSPS) is 23.2. The van der Waals surface area contributed by atoms with E-state index in [4.69, 9.17) is 4.74 Å². The molecule has 3 aliphatic rings. The number of esters is 1. The molecule has 0 radical (unpaired) electrons. The van der Waals surface area contributed by atoms with Gasteiger partial charge in [0.25, 0.3) is 0 Å². The van der Waals surface area contributed by atoms with Crippen molar-refractivity contribution in [1.82, 2.24) is 29.4 Å². The number of benzene rings is 2. The Morgan fingerprint density at radius 2 is 1.91 bits per heavy atom. The van der Waals surface area contributed by atoms with Gasteiger partial charge in [0.1, 0.15) is 12.9 Å². The molecule has 2 saturated heterocycles. The number of nitrogens with zero attached hydrogens (tertiary/aromatic N) is 6. The number of hydrogen-bond donors (Lipinski definition) is 1. The highest BCUT2D eigenvalue weighted by Gasteiger charge is 2.41. The molecule has 2 unspecified atom stereocenters. The number of carbonyl (C=O) groups is 1. The summed E-state index contributed by atoms with van der Waals surface area (Å²) in [5.41, 5.74) is 4.34. The molecular formula is C24H26N6O3S. The number of rotatable bonds is 6. The Kier molecular flexibility index (Phi) is 5.60. The molecule has 176 valence electrons. The second-order valence-electron chi connectivity index (χ2n) is 9.20. The molecule has 34 heavy (non-hydrogen) atoms. The molecule has 10 heteroatoms. The predicted octanol–water partition coefficient (Wildman–Crippen LogP) is 2.53. The SMILES string of the molecule is Cc1c(C(O)CN2CC3CC[C@@H](C2)N3Sc2ccc(-n3cnnn3)cc2)ccc2c1COC2=O. The fourth-order valence-corrected chi connectivity index (χ4v) is 6.53. The van der Waals surface area contributed by atoms with E-state index in [2.05, 4.69) is 36.9 Å². The number of hydrogen-bond acceptors (Lipinski definition) is 9. The molecule has 2 aromatic carbocycles. The van der Waals surface area contributed by atoms with Crippen LogP contribution in [0, 0.1) is 6.92 Å². The summed E-state index contributed by atoms with van der Waals surface area (Å²) in [6, 6.07) is 12.9. The van der Waals surface area contributed by atoms with Crippen molar-refractivity contribution in [3.63, 3.8) is 0 Å². The molecule has 3 aliphatic heterocycles. The van der Waals surface area contributed by atoms with Gasteiger partial charge in [0.15, 0.2) is 0 Å². The van der Waals surface area contributed by atoms with Crippen molar-refractivity contribution >= 4 is 17.9 Å². The van der Waals surface area contributed by atoms with Gasteiger partial charge in [-0.1, -0.05) is 6.07 Å². The van der Waals surface area contributed by atoms with Crippen LogP contribution in [-0.2, 0) is 11.3 Å².